The van der Waals surface area contributed by atoms with Crippen LogP contribution in [0.15, 0.2) is 34.2 Å². The van der Waals surface area contributed by atoms with Crippen LogP contribution in [-0.2, 0) is 0 Å². The Morgan fingerprint density at radius 3 is 2.72 bits per heavy atom. The summed E-state index contributed by atoms with van der Waals surface area (Å²) >= 11 is 13.4. The minimum Gasteiger partial charge on any atom is -0.292 e. The van der Waals surface area contributed by atoms with Crippen molar-refractivity contribution in [3.63, 3.8) is 0 Å². The molecule has 0 atom stereocenters. The molecule has 4 nitrogen and oxygen atoms in total. The van der Waals surface area contributed by atoms with Crippen molar-refractivity contribution in [1.82, 2.24) is 9.97 Å². The Morgan fingerprint density at radius 2 is 2.00 bits per heavy atom. The normalized spacial score (nSPS) is 10.4. The zero-order valence-corrected chi connectivity index (χ0v) is 11.8. The van der Waals surface area contributed by atoms with Crippen LogP contribution in [-0.4, -0.2) is 9.97 Å². The highest BCUT2D eigenvalue weighted by Gasteiger charge is 2.07. The molecule has 7 heteroatoms. The van der Waals surface area contributed by atoms with Crippen molar-refractivity contribution >= 4 is 40.9 Å². The van der Waals surface area contributed by atoms with Gasteiger partial charge in [-0.3, -0.25) is 5.43 Å². The zero-order chi connectivity index (χ0) is 13.1. The molecule has 0 aliphatic carbocycles. The predicted octanol–water partition coefficient (Wildman–Crippen LogP) is 3.53. The van der Waals surface area contributed by atoms with Gasteiger partial charge in [0.05, 0.1) is 5.02 Å². The molecular formula is C11H10Cl2N4S. The first-order valence-electron chi connectivity index (χ1n) is 5.03. The topological polar surface area (TPSA) is 63.8 Å². The van der Waals surface area contributed by atoms with Gasteiger partial charge in [-0.25, -0.2) is 15.8 Å². The second kappa shape index (κ2) is 5.75. The molecule has 18 heavy (non-hydrogen) atoms. The van der Waals surface area contributed by atoms with Crippen LogP contribution >= 0.6 is 35.0 Å². The molecule has 0 saturated carbocycles. The summed E-state index contributed by atoms with van der Waals surface area (Å²) in [6.07, 6.45) is 0. The number of nitrogens with one attached hydrogen (secondary N) is 1. The number of aryl methyl sites for hydroxylation is 1. The monoisotopic (exact) mass is 300 g/mol. The number of nitrogens with two attached hydrogens (primary N) is 1. The molecule has 3 N–H and O–H groups in total. The van der Waals surface area contributed by atoms with Crippen molar-refractivity contribution in [2.45, 2.75) is 16.8 Å². The van der Waals surface area contributed by atoms with Crippen LogP contribution in [0, 0.1) is 6.92 Å². The van der Waals surface area contributed by atoms with Gasteiger partial charge in [0, 0.05) is 15.6 Å². The van der Waals surface area contributed by atoms with Crippen molar-refractivity contribution in [3.8, 4) is 0 Å². The van der Waals surface area contributed by atoms with Gasteiger partial charge < -0.3 is 0 Å². The Bertz CT molecular complexity index is 577. The standard InChI is InChI=1S/C11H10Cl2N4S/c1-6-4-10(16-11(15-6)17-14)18-9-5-7(12)2-3-8(9)13/h2-5H,14H2,1H3,(H,15,16,17). The number of nitrogens with zero attached hydrogens (tertiary/aromatic N) is 2. The molecule has 0 unspecified atom stereocenters. The summed E-state index contributed by atoms with van der Waals surface area (Å²) in [5, 5.41) is 2.01. The molecule has 0 amide bonds. The van der Waals surface area contributed by atoms with Crippen molar-refractivity contribution in [1.29, 1.82) is 0 Å². The van der Waals surface area contributed by atoms with E-state index in [1.807, 2.05) is 13.0 Å². The highest BCUT2D eigenvalue weighted by atomic mass is 35.5. The van der Waals surface area contributed by atoms with E-state index in [0.717, 1.165) is 15.6 Å². The van der Waals surface area contributed by atoms with Crippen molar-refractivity contribution in [2.75, 3.05) is 5.43 Å². The van der Waals surface area contributed by atoms with E-state index in [1.54, 1.807) is 18.2 Å². The van der Waals surface area contributed by atoms with Gasteiger partial charge in [-0.2, -0.15) is 0 Å². The quantitative estimate of drug-likeness (QED) is 0.516. The molecule has 0 spiro atoms. The van der Waals surface area contributed by atoms with Gasteiger partial charge in [-0.1, -0.05) is 35.0 Å². The second-order valence-corrected chi connectivity index (χ2v) is 5.40. The van der Waals surface area contributed by atoms with Crippen LogP contribution in [0.25, 0.3) is 0 Å². The smallest absolute Gasteiger partial charge is 0.238 e. The number of benzene rings is 1. The third kappa shape index (κ3) is 3.26. The van der Waals surface area contributed by atoms with Gasteiger partial charge in [-0.15, -0.1) is 0 Å². The largest absolute Gasteiger partial charge is 0.292 e. The minimum atomic E-state index is 0.371. The lowest BCUT2D eigenvalue weighted by atomic mass is 10.4. The Balaban J connectivity index is 2.33. The molecule has 1 aromatic carbocycles. The van der Waals surface area contributed by atoms with E-state index >= 15 is 0 Å². The summed E-state index contributed by atoms with van der Waals surface area (Å²) in [6.45, 7) is 1.87. The Kier molecular flexibility index (Phi) is 4.29. The number of anilines is 1. The summed E-state index contributed by atoms with van der Waals surface area (Å²) < 4.78 is 0. The van der Waals surface area contributed by atoms with Crippen LogP contribution in [0.2, 0.25) is 10.0 Å². The molecule has 2 rings (SSSR count). The molecule has 2 aromatic rings. The van der Waals surface area contributed by atoms with Crippen molar-refractivity contribution in [2.24, 2.45) is 5.84 Å². The van der Waals surface area contributed by atoms with Crippen LogP contribution in [0.5, 0.6) is 0 Å². The number of aromatic nitrogens is 2. The summed E-state index contributed by atoms with van der Waals surface area (Å²) in [5.41, 5.74) is 3.24. The first-order chi connectivity index (χ1) is 8.58. The number of hydrogen-bond acceptors (Lipinski definition) is 5. The summed E-state index contributed by atoms with van der Waals surface area (Å²) in [7, 11) is 0. The fourth-order valence-corrected chi connectivity index (χ4v) is 2.73. The van der Waals surface area contributed by atoms with Gasteiger partial charge >= 0.3 is 0 Å². The first kappa shape index (κ1) is 13.4. The number of nitrogen functional groups attached to an aromatic ring is 1. The highest BCUT2D eigenvalue weighted by Crippen LogP contribution is 2.34. The molecule has 0 saturated heterocycles. The Hall–Kier alpha value is -1.01. The highest BCUT2D eigenvalue weighted by molar-refractivity contribution is 7.99. The lowest BCUT2D eigenvalue weighted by Crippen LogP contribution is -2.11. The third-order valence-electron chi connectivity index (χ3n) is 2.07. The Labute approximate surface area is 119 Å². The zero-order valence-electron chi connectivity index (χ0n) is 9.45. The van der Waals surface area contributed by atoms with E-state index in [1.165, 1.54) is 11.8 Å². The first-order valence-corrected chi connectivity index (χ1v) is 6.61. The average Bonchev–Trinajstić information content (AvgIpc) is 2.33. The molecule has 94 valence electrons. The number of halogens is 2. The summed E-state index contributed by atoms with van der Waals surface area (Å²) in [4.78, 5) is 9.18. The van der Waals surface area contributed by atoms with E-state index < -0.39 is 0 Å². The number of rotatable bonds is 3. The van der Waals surface area contributed by atoms with Gasteiger partial charge in [0.2, 0.25) is 5.95 Å². The van der Waals surface area contributed by atoms with Gasteiger partial charge in [0.15, 0.2) is 0 Å². The Morgan fingerprint density at radius 1 is 1.22 bits per heavy atom. The van der Waals surface area contributed by atoms with E-state index in [2.05, 4.69) is 15.4 Å². The molecule has 1 aromatic heterocycles. The van der Waals surface area contributed by atoms with Gasteiger partial charge in [0.1, 0.15) is 5.03 Å². The lowest BCUT2D eigenvalue weighted by molar-refractivity contribution is 0.994. The fraction of sp³-hybridized carbons (Fsp3) is 0.0909. The molecule has 0 radical (unpaired) electrons. The summed E-state index contributed by atoms with van der Waals surface area (Å²) in [6, 6.07) is 7.14. The third-order valence-corrected chi connectivity index (χ3v) is 3.72. The van der Waals surface area contributed by atoms with E-state index in [4.69, 9.17) is 29.0 Å². The number of hydrogen-bond donors (Lipinski definition) is 2. The van der Waals surface area contributed by atoms with Crippen LogP contribution in [0.1, 0.15) is 5.69 Å². The molecule has 0 bridgehead atoms. The minimum absolute atomic E-state index is 0.371. The fourth-order valence-electron chi connectivity index (χ4n) is 1.32. The van der Waals surface area contributed by atoms with Crippen LogP contribution in [0.4, 0.5) is 5.95 Å². The second-order valence-electron chi connectivity index (χ2n) is 3.49. The predicted molar refractivity (Wildman–Crippen MR) is 75.2 cm³/mol. The lowest BCUT2D eigenvalue weighted by Gasteiger charge is -2.06. The van der Waals surface area contributed by atoms with E-state index in [0.29, 0.717) is 16.0 Å². The van der Waals surface area contributed by atoms with E-state index in [9.17, 15) is 0 Å². The van der Waals surface area contributed by atoms with Crippen LogP contribution in [0.3, 0.4) is 0 Å². The SMILES string of the molecule is Cc1cc(Sc2cc(Cl)ccc2Cl)nc(NN)n1. The maximum Gasteiger partial charge on any atom is 0.238 e. The molecule has 1 heterocycles. The average molecular weight is 301 g/mol. The number of hydrazine groups is 1. The maximum atomic E-state index is 6.10. The maximum absolute atomic E-state index is 6.10. The molecule has 0 aliphatic heterocycles. The van der Waals surface area contributed by atoms with Gasteiger partial charge in [-0.05, 0) is 31.2 Å². The summed E-state index contributed by atoms with van der Waals surface area (Å²) in [5.74, 6) is 5.67. The van der Waals surface area contributed by atoms with Crippen LogP contribution < -0.4 is 11.3 Å². The van der Waals surface area contributed by atoms with E-state index in [-0.39, 0.29) is 0 Å². The molecule has 0 aliphatic rings. The van der Waals surface area contributed by atoms with Crippen molar-refractivity contribution < 1.29 is 0 Å². The molecule has 0 fully saturated rings. The molecular weight excluding hydrogens is 291 g/mol. The van der Waals surface area contributed by atoms with Gasteiger partial charge in [0.25, 0.3) is 0 Å². The van der Waals surface area contributed by atoms with Crippen molar-refractivity contribution in [3.05, 3.63) is 40.0 Å².